The number of hydrogen-bond acceptors (Lipinski definition) is 3. The lowest BCUT2D eigenvalue weighted by Crippen LogP contribution is -2.34. The van der Waals surface area contributed by atoms with Crippen molar-refractivity contribution in [2.45, 2.75) is 57.8 Å². The van der Waals surface area contributed by atoms with Crippen molar-refractivity contribution in [2.24, 2.45) is 0 Å². The highest BCUT2D eigenvalue weighted by Gasteiger charge is 2.24. The summed E-state index contributed by atoms with van der Waals surface area (Å²) < 4.78 is 11.6. The molecule has 1 heterocycles. The van der Waals surface area contributed by atoms with Gasteiger partial charge in [-0.25, -0.2) is 0 Å². The van der Waals surface area contributed by atoms with Crippen LogP contribution in [0.15, 0.2) is 30.3 Å². The van der Waals surface area contributed by atoms with E-state index in [4.69, 9.17) is 9.47 Å². The molecule has 0 aromatic heterocycles. The van der Waals surface area contributed by atoms with Gasteiger partial charge in [0.2, 0.25) is 0 Å². The monoisotopic (exact) mass is 276 g/mol. The largest absolute Gasteiger partial charge is 0.378 e. The summed E-state index contributed by atoms with van der Waals surface area (Å²) in [6.07, 6.45) is 4.07. The fourth-order valence-corrected chi connectivity index (χ4v) is 2.73. The molecule has 0 bridgehead atoms. The highest BCUT2D eigenvalue weighted by molar-refractivity contribution is 5.95. The Balaban J connectivity index is 1.65. The van der Waals surface area contributed by atoms with E-state index in [0.717, 1.165) is 24.8 Å². The third kappa shape index (κ3) is 4.73. The second kappa shape index (κ2) is 7.55. The van der Waals surface area contributed by atoms with Crippen molar-refractivity contribution < 1.29 is 14.3 Å². The van der Waals surface area contributed by atoms with E-state index in [0.29, 0.717) is 13.0 Å². The first-order chi connectivity index (χ1) is 9.65. The van der Waals surface area contributed by atoms with Crippen LogP contribution in [0.3, 0.4) is 0 Å². The molecule has 0 N–H and O–H groups in total. The van der Waals surface area contributed by atoms with E-state index in [1.54, 1.807) is 0 Å². The van der Waals surface area contributed by atoms with Gasteiger partial charge in [0.05, 0.1) is 18.3 Å². The standard InChI is InChI=1S/C17H24O3/c1-13-11-16(12-14(2)20-13)19-10-6-9-17(18)15-7-4-3-5-8-15/h3-5,7-8,13-14,16H,6,9-12H2,1-2H3. The Labute approximate surface area is 121 Å². The van der Waals surface area contributed by atoms with Crippen LogP contribution in [0, 0.1) is 0 Å². The van der Waals surface area contributed by atoms with Crippen LogP contribution in [0.5, 0.6) is 0 Å². The van der Waals surface area contributed by atoms with Gasteiger partial charge in [-0.05, 0) is 33.1 Å². The van der Waals surface area contributed by atoms with E-state index in [2.05, 4.69) is 13.8 Å². The van der Waals surface area contributed by atoms with Gasteiger partial charge in [0.15, 0.2) is 5.78 Å². The molecule has 0 radical (unpaired) electrons. The number of ketones is 1. The Hall–Kier alpha value is -1.19. The summed E-state index contributed by atoms with van der Waals surface area (Å²) in [7, 11) is 0. The Morgan fingerprint density at radius 3 is 2.50 bits per heavy atom. The van der Waals surface area contributed by atoms with Crippen molar-refractivity contribution >= 4 is 5.78 Å². The quantitative estimate of drug-likeness (QED) is 0.588. The van der Waals surface area contributed by atoms with E-state index in [1.165, 1.54) is 0 Å². The van der Waals surface area contributed by atoms with Crippen LogP contribution < -0.4 is 0 Å². The van der Waals surface area contributed by atoms with Crippen molar-refractivity contribution in [1.29, 1.82) is 0 Å². The molecule has 1 aromatic rings. The van der Waals surface area contributed by atoms with Gasteiger partial charge in [-0.2, -0.15) is 0 Å². The van der Waals surface area contributed by atoms with E-state index >= 15 is 0 Å². The molecule has 2 rings (SSSR count). The Kier molecular flexibility index (Phi) is 5.74. The number of carbonyl (C=O) groups excluding carboxylic acids is 1. The van der Waals surface area contributed by atoms with Gasteiger partial charge >= 0.3 is 0 Å². The lowest BCUT2D eigenvalue weighted by molar-refractivity contribution is -0.102. The molecule has 1 aromatic carbocycles. The number of hydrogen-bond donors (Lipinski definition) is 0. The maximum Gasteiger partial charge on any atom is 0.162 e. The van der Waals surface area contributed by atoms with Crippen molar-refractivity contribution in [1.82, 2.24) is 0 Å². The van der Waals surface area contributed by atoms with Gasteiger partial charge in [-0.15, -0.1) is 0 Å². The zero-order valence-electron chi connectivity index (χ0n) is 12.4. The van der Waals surface area contributed by atoms with Crippen LogP contribution in [0.1, 0.15) is 49.9 Å². The molecule has 2 atom stereocenters. The zero-order chi connectivity index (χ0) is 14.4. The molecule has 0 aliphatic carbocycles. The molecule has 1 saturated heterocycles. The normalized spacial score (nSPS) is 26.4. The van der Waals surface area contributed by atoms with Crippen LogP contribution in [0.4, 0.5) is 0 Å². The molecule has 1 fully saturated rings. The molecular formula is C17H24O3. The fourth-order valence-electron chi connectivity index (χ4n) is 2.73. The summed E-state index contributed by atoms with van der Waals surface area (Å²) in [6, 6.07) is 9.45. The van der Waals surface area contributed by atoms with Gasteiger partial charge < -0.3 is 9.47 Å². The Morgan fingerprint density at radius 2 is 1.85 bits per heavy atom. The smallest absolute Gasteiger partial charge is 0.162 e. The predicted octanol–water partition coefficient (Wildman–Crippen LogP) is 3.62. The number of rotatable bonds is 6. The van der Waals surface area contributed by atoms with Crippen LogP contribution >= 0.6 is 0 Å². The third-order valence-electron chi connectivity index (χ3n) is 3.65. The van der Waals surface area contributed by atoms with E-state index < -0.39 is 0 Å². The highest BCUT2D eigenvalue weighted by Crippen LogP contribution is 2.21. The van der Waals surface area contributed by atoms with Crippen molar-refractivity contribution in [3.63, 3.8) is 0 Å². The minimum Gasteiger partial charge on any atom is -0.378 e. The summed E-state index contributed by atoms with van der Waals surface area (Å²) >= 11 is 0. The summed E-state index contributed by atoms with van der Waals surface area (Å²) in [4.78, 5) is 11.9. The van der Waals surface area contributed by atoms with Crippen molar-refractivity contribution in [3.8, 4) is 0 Å². The maximum absolute atomic E-state index is 11.9. The molecule has 2 unspecified atom stereocenters. The Bertz CT molecular complexity index is 406. The summed E-state index contributed by atoms with van der Waals surface area (Å²) in [6.45, 7) is 4.83. The lowest BCUT2D eigenvalue weighted by atomic mass is 10.0. The van der Waals surface area contributed by atoms with Crippen LogP contribution in [0.2, 0.25) is 0 Å². The average molecular weight is 276 g/mol. The third-order valence-corrected chi connectivity index (χ3v) is 3.65. The number of ether oxygens (including phenoxy) is 2. The number of benzene rings is 1. The van der Waals surface area contributed by atoms with Gasteiger partial charge in [0.1, 0.15) is 0 Å². The second-order valence-electron chi connectivity index (χ2n) is 5.61. The first-order valence-corrected chi connectivity index (χ1v) is 7.50. The molecule has 110 valence electrons. The lowest BCUT2D eigenvalue weighted by Gasteiger charge is -2.32. The topological polar surface area (TPSA) is 35.5 Å². The molecule has 0 saturated carbocycles. The minimum atomic E-state index is 0.197. The summed E-state index contributed by atoms with van der Waals surface area (Å²) in [5, 5.41) is 0. The maximum atomic E-state index is 11.9. The molecule has 3 heteroatoms. The van der Waals surface area contributed by atoms with Crippen molar-refractivity contribution in [2.75, 3.05) is 6.61 Å². The van der Waals surface area contributed by atoms with E-state index in [9.17, 15) is 4.79 Å². The average Bonchev–Trinajstić information content (AvgIpc) is 2.43. The minimum absolute atomic E-state index is 0.197. The second-order valence-corrected chi connectivity index (χ2v) is 5.61. The molecule has 3 nitrogen and oxygen atoms in total. The van der Waals surface area contributed by atoms with Gasteiger partial charge in [0.25, 0.3) is 0 Å². The van der Waals surface area contributed by atoms with Gasteiger partial charge in [0, 0.05) is 18.6 Å². The van der Waals surface area contributed by atoms with Crippen LogP contribution in [0.25, 0.3) is 0 Å². The molecule has 1 aliphatic heterocycles. The fraction of sp³-hybridized carbons (Fsp3) is 0.588. The Morgan fingerprint density at radius 1 is 1.20 bits per heavy atom. The molecule has 20 heavy (non-hydrogen) atoms. The number of Topliss-reactive ketones (excluding diaryl/α,β-unsaturated/α-hetero) is 1. The molecule has 1 aliphatic rings. The number of carbonyl (C=O) groups is 1. The van der Waals surface area contributed by atoms with Crippen molar-refractivity contribution in [3.05, 3.63) is 35.9 Å². The SMILES string of the molecule is CC1CC(OCCCC(=O)c2ccccc2)CC(C)O1. The first kappa shape index (κ1) is 15.2. The van der Waals surface area contributed by atoms with Crippen LogP contribution in [-0.4, -0.2) is 30.7 Å². The molecular weight excluding hydrogens is 252 g/mol. The summed E-state index contributed by atoms with van der Waals surface area (Å²) in [5.74, 6) is 0.197. The predicted molar refractivity (Wildman–Crippen MR) is 79.0 cm³/mol. The van der Waals surface area contributed by atoms with E-state index in [1.807, 2.05) is 30.3 Å². The van der Waals surface area contributed by atoms with Gasteiger partial charge in [-0.1, -0.05) is 30.3 Å². The molecule has 0 amide bonds. The summed E-state index contributed by atoms with van der Waals surface area (Å²) in [5.41, 5.74) is 0.792. The van der Waals surface area contributed by atoms with Gasteiger partial charge in [-0.3, -0.25) is 4.79 Å². The van der Waals surface area contributed by atoms with Crippen LogP contribution in [-0.2, 0) is 9.47 Å². The molecule has 0 spiro atoms. The van der Waals surface area contributed by atoms with E-state index in [-0.39, 0.29) is 24.1 Å². The zero-order valence-corrected chi connectivity index (χ0v) is 12.4. The highest BCUT2D eigenvalue weighted by atomic mass is 16.5. The first-order valence-electron chi connectivity index (χ1n) is 7.50.